The van der Waals surface area contributed by atoms with Crippen LogP contribution in [0.2, 0.25) is 0 Å². The van der Waals surface area contributed by atoms with Crippen molar-refractivity contribution in [3.05, 3.63) is 48.3 Å². The van der Waals surface area contributed by atoms with Gasteiger partial charge in [-0.2, -0.15) is 0 Å². The van der Waals surface area contributed by atoms with Gasteiger partial charge in [-0.15, -0.1) is 0 Å². The van der Waals surface area contributed by atoms with Gasteiger partial charge in [0.15, 0.2) is 0 Å². The van der Waals surface area contributed by atoms with Gasteiger partial charge in [0.25, 0.3) is 0 Å². The summed E-state index contributed by atoms with van der Waals surface area (Å²) in [6, 6.07) is 10.7. The summed E-state index contributed by atoms with van der Waals surface area (Å²) in [4.78, 5) is 4.85. The quantitative estimate of drug-likeness (QED) is 0.354. The molecule has 1 aliphatic heterocycles. The van der Waals surface area contributed by atoms with Gasteiger partial charge in [0.05, 0.1) is 6.67 Å². The summed E-state index contributed by atoms with van der Waals surface area (Å²) in [6.45, 7) is 5.57. The van der Waals surface area contributed by atoms with Gasteiger partial charge in [0.1, 0.15) is 0 Å². The van der Waals surface area contributed by atoms with Crippen LogP contribution in [0.4, 0.5) is 0 Å². The molecule has 0 atom stereocenters. The molecule has 0 fully saturated rings. The number of rotatable bonds is 14. The maximum atomic E-state index is 2.46. The van der Waals surface area contributed by atoms with Crippen molar-refractivity contribution in [1.82, 2.24) is 9.80 Å². The van der Waals surface area contributed by atoms with Crippen molar-refractivity contribution in [2.45, 2.75) is 84.1 Å². The topological polar surface area (TPSA) is 6.48 Å². The number of nitrogens with zero attached hydrogens (tertiary/aromatic N) is 2. The summed E-state index contributed by atoms with van der Waals surface area (Å²) in [5, 5.41) is 0. The van der Waals surface area contributed by atoms with Gasteiger partial charge in [-0.05, 0) is 12.0 Å². The Labute approximate surface area is 155 Å². The van der Waals surface area contributed by atoms with Gasteiger partial charge >= 0.3 is 0 Å². The lowest BCUT2D eigenvalue weighted by Crippen LogP contribution is -2.25. The molecule has 140 valence electrons. The molecular weight excluding hydrogens is 304 g/mol. The minimum Gasteiger partial charge on any atom is -0.359 e. The fraction of sp³-hybridized carbons (Fsp3) is 0.652. The molecule has 0 saturated carbocycles. The van der Waals surface area contributed by atoms with Crippen LogP contribution >= 0.6 is 0 Å². The van der Waals surface area contributed by atoms with Crippen molar-refractivity contribution >= 4 is 0 Å². The minimum absolute atomic E-state index is 1.02. The molecule has 0 unspecified atom stereocenters. The van der Waals surface area contributed by atoms with Gasteiger partial charge < -0.3 is 9.80 Å². The molecule has 1 heterocycles. The Morgan fingerprint density at radius 1 is 0.680 bits per heavy atom. The van der Waals surface area contributed by atoms with Crippen LogP contribution in [0.5, 0.6) is 0 Å². The van der Waals surface area contributed by atoms with Gasteiger partial charge in [-0.25, -0.2) is 0 Å². The van der Waals surface area contributed by atoms with Crippen molar-refractivity contribution in [2.24, 2.45) is 0 Å². The number of benzene rings is 1. The zero-order valence-corrected chi connectivity index (χ0v) is 16.3. The molecule has 0 amide bonds. The first-order valence-electron chi connectivity index (χ1n) is 10.6. The van der Waals surface area contributed by atoms with Crippen molar-refractivity contribution in [2.75, 3.05) is 13.2 Å². The summed E-state index contributed by atoms with van der Waals surface area (Å²) < 4.78 is 0. The van der Waals surface area contributed by atoms with E-state index in [2.05, 4.69) is 59.5 Å². The number of hydrogen-bond donors (Lipinski definition) is 0. The third kappa shape index (κ3) is 9.00. The van der Waals surface area contributed by atoms with E-state index in [1.54, 1.807) is 0 Å². The highest BCUT2D eigenvalue weighted by Gasteiger charge is 2.11. The van der Waals surface area contributed by atoms with Crippen molar-refractivity contribution in [3.8, 4) is 0 Å². The van der Waals surface area contributed by atoms with Crippen LogP contribution < -0.4 is 0 Å². The Bertz CT molecular complexity index is 454. The SMILES string of the molecule is CCCCCCCCCCCCCN1C=CN(Cc2ccccc2)C1. The van der Waals surface area contributed by atoms with Crippen LogP contribution in [0.3, 0.4) is 0 Å². The van der Waals surface area contributed by atoms with Crippen molar-refractivity contribution in [3.63, 3.8) is 0 Å². The Hall–Kier alpha value is -1.44. The average Bonchev–Trinajstić information content (AvgIpc) is 3.08. The largest absolute Gasteiger partial charge is 0.359 e. The molecule has 1 aromatic carbocycles. The second kappa shape index (κ2) is 12.9. The van der Waals surface area contributed by atoms with E-state index in [0.717, 1.165) is 13.2 Å². The molecule has 2 nitrogen and oxygen atoms in total. The number of hydrogen-bond acceptors (Lipinski definition) is 2. The van der Waals surface area contributed by atoms with Gasteiger partial charge in [-0.3, -0.25) is 0 Å². The zero-order chi connectivity index (χ0) is 17.6. The highest BCUT2D eigenvalue weighted by molar-refractivity contribution is 5.15. The summed E-state index contributed by atoms with van der Waals surface area (Å²) in [7, 11) is 0. The van der Waals surface area contributed by atoms with Crippen LogP contribution in [0.1, 0.15) is 83.1 Å². The molecule has 0 bridgehead atoms. The lowest BCUT2D eigenvalue weighted by Gasteiger charge is -2.21. The standard InChI is InChI=1S/C23H38N2/c1-2-3-4-5-6-7-8-9-10-11-15-18-24-19-20-25(22-24)21-23-16-13-12-14-17-23/h12-14,16-17,19-20H,2-11,15,18,21-22H2,1H3. The van der Waals surface area contributed by atoms with Crippen molar-refractivity contribution in [1.29, 1.82) is 0 Å². The second-order valence-corrected chi connectivity index (χ2v) is 7.52. The third-order valence-electron chi connectivity index (χ3n) is 5.13. The maximum Gasteiger partial charge on any atom is 0.0897 e. The van der Waals surface area contributed by atoms with Gasteiger partial charge in [0.2, 0.25) is 0 Å². The van der Waals surface area contributed by atoms with Crippen LogP contribution in [0, 0.1) is 0 Å². The molecule has 0 aliphatic carbocycles. The highest BCUT2D eigenvalue weighted by Crippen LogP contribution is 2.14. The highest BCUT2D eigenvalue weighted by atomic mass is 15.3. The van der Waals surface area contributed by atoms with Gasteiger partial charge in [0, 0.05) is 25.5 Å². The zero-order valence-electron chi connectivity index (χ0n) is 16.3. The Morgan fingerprint density at radius 2 is 1.24 bits per heavy atom. The lowest BCUT2D eigenvalue weighted by molar-refractivity contribution is 0.256. The Kier molecular flexibility index (Phi) is 10.2. The van der Waals surface area contributed by atoms with Crippen molar-refractivity contribution < 1.29 is 0 Å². The van der Waals surface area contributed by atoms with Crippen LogP contribution in [0.25, 0.3) is 0 Å². The van der Waals surface area contributed by atoms with Crippen LogP contribution in [0.15, 0.2) is 42.7 Å². The molecule has 0 radical (unpaired) electrons. The van der Waals surface area contributed by atoms with E-state index in [4.69, 9.17) is 0 Å². The molecule has 0 spiro atoms. The first kappa shape index (κ1) is 19.9. The maximum absolute atomic E-state index is 2.46. The van der Waals surface area contributed by atoms with E-state index in [9.17, 15) is 0 Å². The second-order valence-electron chi connectivity index (χ2n) is 7.52. The van der Waals surface area contributed by atoms with E-state index in [-0.39, 0.29) is 0 Å². The van der Waals surface area contributed by atoms with Crippen LogP contribution in [-0.2, 0) is 6.54 Å². The monoisotopic (exact) mass is 342 g/mol. The fourth-order valence-electron chi connectivity index (χ4n) is 3.56. The predicted molar refractivity (Wildman–Crippen MR) is 109 cm³/mol. The minimum atomic E-state index is 1.02. The molecule has 0 aromatic heterocycles. The molecule has 2 rings (SSSR count). The van der Waals surface area contributed by atoms with Crippen LogP contribution in [-0.4, -0.2) is 23.0 Å². The molecule has 2 heteroatoms. The smallest absolute Gasteiger partial charge is 0.0897 e. The normalized spacial score (nSPS) is 13.8. The fourth-order valence-corrected chi connectivity index (χ4v) is 3.56. The molecule has 0 saturated heterocycles. The average molecular weight is 343 g/mol. The van der Waals surface area contributed by atoms with Gasteiger partial charge in [-0.1, -0.05) is 101 Å². The van der Waals surface area contributed by atoms with E-state index in [1.165, 1.54) is 82.7 Å². The third-order valence-corrected chi connectivity index (χ3v) is 5.13. The predicted octanol–water partition coefficient (Wildman–Crippen LogP) is 6.54. The molecule has 25 heavy (non-hydrogen) atoms. The number of unbranched alkanes of at least 4 members (excludes halogenated alkanes) is 10. The lowest BCUT2D eigenvalue weighted by atomic mass is 10.1. The summed E-state index contributed by atoms with van der Waals surface area (Å²) in [5.41, 5.74) is 1.39. The summed E-state index contributed by atoms with van der Waals surface area (Å²) in [6.07, 6.45) is 20.1. The Morgan fingerprint density at radius 3 is 1.88 bits per heavy atom. The van der Waals surface area contributed by atoms with E-state index >= 15 is 0 Å². The Balaban J connectivity index is 1.40. The molecule has 0 N–H and O–H groups in total. The molecule has 1 aromatic rings. The van der Waals surface area contributed by atoms with E-state index < -0.39 is 0 Å². The molecular formula is C23H38N2. The first-order valence-corrected chi connectivity index (χ1v) is 10.6. The van der Waals surface area contributed by atoms with E-state index in [0.29, 0.717) is 0 Å². The first-order chi connectivity index (χ1) is 12.4. The summed E-state index contributed by atoms with van der Waals surface area (Å²) in [5.74, 6) is 0. The van der Waals surface area contributed by atoms with E-state index in [1.807, 2.05) is 0 Å². The molecule has 1 aliphatic rings. The summed E-state index contributed by atoms with van der Waals surface area (Å²) >= 11 is 0.